The van der Waals surface area contributed by atoms with E-state index in [1.165, 1.54) is 36.1 Å². The summed E-state index contributed by atoms with van der Waals surface area (Å²) in [6, 6.07) is 4.73. The molecule has 0 aliphatic heterocycles. The second-order valence-electron chi connectivity index (χ2n) is 7.48. The van der Waals surface area contributed by atoms with Crippen molar-refractivity contribution in [2.75, 3.05) is 5.32 Å². The van der Waals surface area contributed by atoms with Crippen LogP contribution >= 0.6 is 0 Å². The van der Waals surface area contributed by atoms with Crippen molar-refractivity contribution in [1.82, 2.24) is 30.2 Å². The number of aromatic nitrogens is 5. The van der Waals surface area contributed by atoms with Crippen LogP contribution in [0.4, 0.5) is 18.9 Å². The molecule has 2 N–H and O–H groups in total. The fraction of sp³-hybridized carbons (Fsp3) is 0.238. The van der Waals surface area contributed by atoms with Crippen LogP contribution in [0.2, 0.25) is 0 Å². The molecule has 3 aromatic heterocycles. The van der Waals surface area contributed by atoms with E-state index in [1.54, 1.807) is 14.0 Å². The standard InChI is InChI=1S/C21H18F3N7O3/c1-10-4-5-12(6-14(10)21(22,23)24)28-19(32)15-7-13(30-34-15)8-25-20(33)17-16-11(2)29-31(3)18(16)27-9-26-17/h4-7,9H,8H2,1-3H3,(H,25,33)(H,28,32). The molecule has 0 aliphatic carbocycles. The number of aryl methyl sites for hydroxylation is 3. The Labute approximate surface area is 190 Å². The Hall–Kier alpha value is -4.29. The maximum absolute atomic E-state index is 13.1. The first-order chi connectivity index (χ1) is 16.0. The van der Waals surface area contributed by atoms with Crippen LogP contribution in [0.1, 0.15) is 43.6 Å². The first-order valence-corrected chi connectivity index (χ1v) is 9.92. The van der Waals surface area contributed by atoms with Crippen molar-refractivity contribution < 1.29 is 27.3 Å². The quantitative estimate of drug-likeness (QED) is 0.456. The molecule has 0 atom stereocenters. The summed E-state index contributed by atoms with van der Waals surface area (Å²) in [5.41, 5.74) is 0.591. The van der Waals surface area contributed by atoms with Gasteiger partial charge in [-0.25, -0.2) is 9.97 Å². The van der Waals surface area contributed by atoms with Crippen LogP contribution in [0.25, 0.3) is 11.0 Å². The molecule has 0 aliphatic rings. The minimum Gasteiger partial charge on any atom is -0.351 e. The van der Waals surface area contributed by atoms with E-state index < -0.39 is 23.6 Å². The van der Waals surface area contributed by atoms with Crippen molar-refractivity contribution in [1.29, 1.82) is 0 Å². The lowest BCUT2D eigenvalue weighted by molar-refractivity contribution is -0.138. The third-order valence-electron chi connectivity index (χ3n) is 5.02. The largest absolute Gasteiger partial charge is 0.416 e. The molecule has 2 amide bonds. The first-order valence-electron chi connectivity index (χ1n) is 9.92. The van der Waals surface area contributed by atoms with Gasteiger partial charge in [-0.2, -0.15) is 18.3 Å². The molecule has 0 bridgehead atoms. The molecule has 4 rings (SSSR count). The molecular formula is C21H18F3N7O3. The molecule has 13 heteroatoms. The molecule has 0 unspecified atom stereocenters. The number of nitrogens with zero attached hydrogens (tertiary/aromatic N) is 5. The van der Waals surface area contributed by atoms with Crippen molar-refractivity contribution >= 4 is 28.5 Å². The van der Waals surface area contributed by atoms with E-state index in [0.717, 1.165) is 6.07 Å². The zero-order chi connectivity index (χ0) is 24.6. The summed E-state index contributed by atoms with van der Waals surface area (Å²) in [6.07, 6.45) is -3.29. The maximum atomic E-state index is 13.1. The predicted octanol–water partition coefficient (Wildman–Crippen LogP) is 3.17. The average Bonchev–Trinajstić information content (AvgIpc) is 3.37. The van der Waals surface area contributed by atoms with Crippen molar-refractivity contribution in [2.24, 2.45) is 7.05 Å². The topological polar surface area (TPSA) is 128 Å². The molecule has 3 heterocycles. The van der Waals surface area contributed by atoms with Crippen molar-refractivity contribution in [3.05, 3.63) is 64.6 Å². The van der Waals surface area contributed by atoms with Crippen LogP contribution < -0.4 is 10.6 Å². The van der Waals surface area contributed by atoms with Gasteiger partial charge in [-0.05, 0) is 31.5 Å². The van der Waals surface area contributed by atoms with Crippen LogP contribution in [-0.4, -0.2) is 36.7 Å². The molecule has 10 nitrogen and oxygen atoms in total. The number of fused-ring (bicyclic) bond motifs is 1. The Morgan fingerprint density at radius 3 is 2.62 bits per heavy atom. The minimum absolute atomic E-state index is 0.0330. The fourth-order valence-electron chi connectivity index (χ4n) is 3.40. The van der Waals surface area contributed by atoms with Crippen LogP contribution in [-0.2, 0) is 19.8 Å². The molecule has 1 aromatic carbocycles. The van der Waals surface area contributed by atoms with Gasteiger partial charge in [0.1, 0.15) is 17.7 Å². The van der Waals surface area contributed by atoms with Gasteiger partial charge in [0.25, 0.3) is 11.8 Å². The Morgan fingerprint density at radius 2 is 1.88 bits per heavy atom. The third kappa shape index (κ3) is 4.44. The smallest absolute Gasteiger partial charge is 0.351 e. The van der Waals surface area contributed by atoms with Gasteiger partial charge in [-0.3, -0.25) is 14.3 Å². The number of halogens is 3. The first kappa shape index (κ1) is 22.9. The third-order valence-corrected chi connectivity index (χ3v) is 5.02. The van der Waals surface area contributed by atoms with Gasteiger partial charge in [0.15, 0.2) is 5.65 Å². The van der Waals surface area contributed by atoms with Gasteiger partial charge in [-0.1, -0.05) is 11.2 Å². The summed E-state index contributed by atoms with van der Waals surface area (Å²) in [5.74, 6) is -1.52. The van der Waals surface area contributed by atoms with Crippen LogP contribution in [0.3, 0.4) is 0 Å². The highest BCUT2D eigenvalue weighted by molar-refractivity contribution is 6.04. The van der Waals surface area contributed by atoms with E-state index >= 15 is 0 Å². The lowest BCUT2D eigenvalue weighted by Gasteiger charge is -2.12. The molecule has 176 valence electrons. The van der Waals surface area contributed by atoms with Crippen molar-refractivity contribution in [2.45, 2.75) is 26.6 Å². The van der Waals surface area contributed by atoms with E-state index in [0.29, 0.717) is 16.7 Å². The van der Waals surface area contributed by atoms with E-state index in [1.807, 2.05) is 0 Å². The summed E-state index contributed by atoms with van der Waals surface area (Å²) >= 11 is 0. The molecular weight excluding hydrogens is 455 g/mol. The van der Waals surface area contributed by atoms with Gasteiger partial charge in [0.05, 0.1) is 23.2 Å². The van der Waals surface area contributed by atoms with E-state index in [2.05, 4.69) is 30.9 Å². The highest BCUT2D eigenvalue weighted by atomic mass is 19.4. The van der Waals surface area contributed by atoms with Gasteiger partial charge in [0, 0.05) is 18.8 Å². The van der Waals surface area contributed by atoms with E-state index in [4.69, 9.17) is 4.52 Å². The summed E-state index contributed by atoms with van der Waals surface area (Å²) in [5, 5.41) is 13.4. The Balaban J connectivity index is 1.43. The van der Waals surface area contributed by atoms with Crippen LogP contribution in [0.15, 0.2) is 35.1 Å². The van der Waals surface area contributed by atoms with Gasteiger partial charge in [0.2, 0.25) is 5.76 Å². The Bertz CT molecular complexity index is 1410. The Kier molecular flexibility index (Phi) is 5.77. The Morgan fingerprint density at radius 1 is 1.12 bits per heavy atom. The summed E-state index contributed by atoms with van der Waals surface area (Å²) < 4.78 is 45.8. The van der Waals surface area contributed by atoms with Gasteiger partial charge < -0.3 is 15.2 Å². The molecule has 0 saturated carbocycles. The van der Waals surface area contributed by atoms with E-state index in [-0.39, 0.29) is 34.9 Å². The fourth-order valence-corrected chi connectivity index (χ4v) is 3.40. The highest BCUT2D eigenvalue weighted by Gasteiger charge is 2.32. The zero-order valence-electron chi connectivity index (χ0n) is 18.2. The molecule has 0 radical (unpaired) electrons. The second kappa shape index (κ2) is 8.57. The number of alkyl halides is 3. The monoisotopic (exact) mass is 473 g/mol. The second-order valence-corrected chi connectivity index (χ2v) is 7.48. The summed E-state index contributed by atoms with van der Waals surface area (Å²) in [6.45, 7) is 2.98. The molecule has 0 spiro atoms. The number of hydrogen-bond acceptors (Lipinski definition) is 7. The molecule has 34 heavy (non-hydrogen) atoms. The number of carbonyl (C=O) groups is 2. The number of hydrogen-bond donors (Lipinski definition) is 2. The lowest BCUT2D eigenvalue weighted by Crippen LogP contribution is -2.24. The number of rotatable bonds is 5. The number of anilines is 1. The lowest BCUT2D eigenvalue weighted by atomic mass is 10.1. The minimum atomic E-state index is -4.55. The number of amides is 2. The average molecular weight is 473 g/mol. The normalized spacial score (nSPS) is 11.6. The molecule has 4 aromatic rings. The zero-order valence-corrected chi connectivity index (χ0v) is 18.2. The van der Waals surface area contributed by atoms with Gasteiger partial charge >= 0.3 is 6.18 Å². The molecule has 0 saturated heterocycles. The predicted molar refractivity (Wildman–Crippen MR) is 113 cm³/mol. The number of carbonyl (C=O) groups excluding carboxylic acids is 2. The summed E-state index contributed by atoms with van der Waals surface area (Å²) in [4.78, 5) is 33.2. The van der Waals surface area contributed by atoms with Crippen molar-refractivity contribution in [3.8, 4) is 0 Å². The highest BCUT2D eigenvalue weighted by Crippen LogP contribution is 2.33. The summed E-state index contributed by atoms with van der Waals surface area (Å²) in [7, 11) is 1.70. The van der Waals surface area contributed by atoms with Crippen LogP contribution in [0, 0.1) is 13.8 Å². The van der Waals surface area contributed by atoms with Crippen molar-refractivity contribution in [3.63, 3.8) is 0 Å². The maximum Gasteiger partial charge on any atom is 0.416 e. The van der Waals surface area contributed by atoms with Gasteiger partial charge in [-0.15, -0.1) is 0 Å². The molecule has 0 fully saturated rings. The SMILES string of the molecule is Cc1ccc(NC(=O)c2cc(CNC(=O)c3ncnc4c3c(C)nn4C)no2)cc1C(F)(F)F. The number of nitrogens with one attached hydrogen (secondary N) is 2. The van der Waals surface area contributed by atoms with E-state index in [9.17, 15) is 22.8 Å². The number of benzene rings is 1. The van der Waals surface area contributed by atoms with Crippen LogP contribution in [0.5, 0.6) is 0 Å².